The standard InChI is InChI=1S/C16H20N2O3/c1-3-9-17-15(16-12(2)8-10-21-16)11-13-4-6-14(7-5-13)18(19)20/h4-8,10,15,17H,3,9,11H2,1-2H3. The highest BCUT2D eigenvalue weighted by molar-refractivity contribution is 5.34. The number of nitrogens with zero attached hydrogens (tertiary/aromatic N) is 1. The molecule has 0 saturated heterocycles. The maximum atomic E-state index is 10.7. The molecule has 5 nitrogen and oxygen atoms in total. The summed E-state index contributed by atoms with van der Waals surface area (Å²) in [5, 5.41) is 14.2. The number of non-ortho nitro benzene ring substituents is 1. The van der Waals surface area contributed by atoms with Gasteiger partial charge in [0.15, 0.2) is 0 Å². The largest absolute Gasteiger partial charge is 0.467 e. The van der Waals surface area contributed by atoms with E-state index in [1.165, 1.54) is 0 Å². The number of hydrogen-bond acceptors (Lipinski definition) is 4. The van der Waals surface area contributed by atoms with Crippen LogP contribution in [0.2, 0.25) is 0 Å². The third kappa shape index (κ3) is 3.92. The Kier molecular flexibility index (Phi) is 5.11. The molecule has 0 radical (unpaired) electrons. The van der Waals surface area contributed by atoms with E-state index in [1.807, 2.05) is 13.0 Å². The first-order chi connectivity index (χ1) is 10.1. The van der Waals surface area contributed by atoms with Crippen molar-refractivity contribution in [2.24, 2.45) is 0 Å². The van der Waals surface area contributed by atoms with Gasteiger partial charge in [-0.1, -0.05) is 19.1 Å². The Morgan fingerprint density at radius 2 is 2.00 bits per heavy atom. The van der Waals surface area contributed by atoms with Crippen molar-refractivity contribution in [3.63, 3.8) is 0 Å². The van der Waals surface area contributed by atoms with Crippen molar-refractivity contribution in [2.45, 2.75) is 32.7 Å². The summed E-state index contributed by atoms with van der Waals surface area (Å²) in [5.41, 5.74) is 2.28. The molecule has 21 heavy (non-hydrogen) atoms. The van der Waals surface area contributed by atoms with Crippen LogP contribution in [-0.4, -0.2) is 11.5 Å². The van der Waals surface area contributed by atoms with Gasteiger partial charge in [-0.25, -0.2) is 0 Å². The van der Waals surface area contributed by atoms with Gasteiger partial charge >= 0.3 is 0 Å². The molecular weight excluding hydrogens is 268 g/mol. The van der Waals surface area contributed by atoms with E-state index in [2.05, 4.69) is 12.2 Å². The summed E-state index contributed by atoms with van der Waals surface area (Å²) in [6, 6.07) is 8.73. The van der Waals surface area contributed by atoms with Crippen molar-refractivity contribution in [1.82, 2.24) is 5.32 Å². The van der Waals surface area contributed by atoms with Gasteiger partial charge in [-0.15, -0.1) is 0 Å². The summed E-state index contributed by atoms with van der Waals surface area (Å²) >= 11 is 0. The molecule has 1 aromatic carbocycles. The summed E-state index contributed by atoms with van der Waals surface area (Å²) in [4.78, 5) is 10.3. The average molecular weight is 288 g/mol. The monoisotopic (exact) mass is 288 g/mol. The number of furan rings is 1. The molecule has 0 fully saturated rings. The fourth-order valence-corrected chi connectivity index (χ4v) is 2.31. The lowest BCUT2D eigenvalue weighted by molar-refractivity contribution is -0.384. The predicted octanol–water partition coefficient (Wildman–Crippen LogP) is 3.78. The number of nitro groups is 1. The minimum Gasteiger partial charge on any atom is -0.467 e. The molecule has 2 aromatic rings. The van der Waals surface area contributed by atoms with Crippen LogP contribution in [0.5, 0.6) is 0 Å². The van der Waals surface area contributed by atoms with Crippen LogP contribution in [0.3, 0.4) is 0 Å². The van der Waals surface area contributed by atoms with Crippen LogP contribution in [0.4, 0.5) is 5.69 Å². The molecule has 0 aliphatic heterocycles. The zero-order valence-corrected chi connectivity index (χ0v) is 12.3. The first kappa shape index (κ1) is 15.3. The second-order valence-electron chi connectivity index (χ2n) is 5.10. The fraction of sp³-hybridized carbons (Fsp3) is 0.375. The molecule has 0 saturated carbocycles. The molecule has 112 valence electrons. The lowest BCUT2D eigenvalue weighted by atomic mass is 10.0. The third-order valence-corrected chi connectivity index (χ3v) is 3.45. The minimum atomic E-state index is -0.382. The van der Waals surface area contributed by atoms with Crippen molar-refractivity contribution < 1.29 is 9.34 Å². The van der Waals surface area contributed by atoms with Gasteiger partial charge in [0, 0.05) is 12.1 Å². The maximum Gasteiger partial charge on any atom is 0.269 e. The summed E-state index contributed by atoms with van der Waals surface area (Å²) < 4.78 is 5.59. The number of nitrogens with one attached hydrogen (secondary N) is 1. The normalized spacial score (nSPS) is 12.3. The first-order valence-corrected chi connectivity index (χ1v) is 7.12. The highest BCUT2D eigenvalue weighted by Crippen LogP contribution is 2.23. The number of benzene rings is 1. The van der Waals surface area contributed by atoms with Gasteiger partial charge in [0.05, 0.1) is 17.2 Å². The van der Waals surface area contributed by atoms with Crippen molar-refractivity contribution in [2.75, 3.05) is 6.54 Å². The van der Waals surface area contributed by atoms with E-state index in [-0.39, 0.29) is 16.7 Å². The Morgan fingerprint density at radius 3 is 2.52 bits per heavy atom. The Labute approximate surface area is 124 Å². The topological polar surface area (TPSA) is 68.3 Å². The molecule has 1 heterocycles. The van der Waals surface area contributed by atoms with E-state index in [0.29, 0.717) is 0 Å². The Balaban J connectivity index is 2.14. The first-order valence-electron chi connectivity index (χ1n) is 7.12. The highest BCUT2D eigenvalue weighted by atomic mass is 16.6. The van der Waals surface area contributed by atoms with E-state index in [4.69, 9.17) is 4.42 Å². The number of hydrogen-bond donors (Lipinski definition) is 1. The van der Waals surface area contributed by atoms with Gasteiger partial charge in [-0.05, 0) is 43.5 Å². The second kappa shape index (κ2) is 7.04. The minimum absolute atomic E-state index is 0.0846. The van der Waals surface area contributed by atoms with E-state index in [0.717, 1.165) is 36.3 Å². The molecule has 1 aromatic heterocycles. The molecule has 0 amide bonds. The molecule has 0 aliphatic rings. The third-order valence-electron chi connectivity index (χ3n) is 3.45. The SMILES string of the molecule is CCCNC(Cc1ccc([N+](=O)[O-])cc1)c1occc1C. The summed E-state index contributed by atoms with van der Waals surface area (Å²) in [5.74, 6) is 0.932. The van der Waals surface area contributed by atoms with Crippen LogP contribution >= 0.6 is 0 Å². The molecule has 1 unspecified atom stereocenters. The molecule has 1 N–H and O–H groups in total. The van der Waals surface area contributed by atoms with Crippen LogP contribution in [0, 0.1) is 17.0 Å². The molecule has 5 heteroatoms. The van der Waals surface area contributed by atoms with Gasteiger partial charge in [0.1, 0.15) is 5.76 Å². The van der Waals surface area contributed by atoms with E-state index < -0.39 is 0 Å². The fourth-order valence-electron chi connectivity index (χ4n) is 2.31. The summed E-state index contributed by atoms with van der Waals surface area (Å²) in [6.07, 6.45) is 3.48. The van der Waals surface area contributed by atoms with E-state index >= 15 is 0 Å². The maximum absolute atomic E-state index is 10.7. The molecule has 0 bridgehead atoms. The Morgan fingerprint density at radius 1 is 1.29 bits per heavy atom. The number of nitro benzene ring substituents is 1. The highest BCUT2D eigenvalue weighted by Gasteiger charge is 2.17. The average Bonchev–Trinajstić information content (AvgIpc) is 2.90. The van der Waals surface area contributed by atoms with Crippen LogP contribution in [-0.2, 0) is 6.42 Å². The molecule has 1 atom stereocenters. The smallest absolute Gasteiger partial charge is 0.269 e. The Bertz CT molecular complexity index is 590. The van der Waals surface area contributed by atoms with Crippen LogP contribution < -0.4 is 5.32 Å². The lowest BCUT2D eigenvalue weighted by Crippen LogP contribution is -2.24. The van der Waals surface area contributed by atoms with E-state index in [1.54, 1.807) is 30.5 Å². The van der Waals surface area contributed by atoms with Gasteiger partial charge in [-0.3, -0.25) is 10.1 Å². The zero-order valence-electron chi connectivity index (χ0n) is 12.3. The molecular formula is C16H20N2O3. The van der Waals surface area contributed by atoms with Crippen molar-refractivity contribution >= 4 is 5.69 Å². The summed E-state index contributed by atoms with van der Waals surface area (Å²) in [7, 11) is 0. The molecule has 2 rings (SSSR count). The van der Waals surface area contributed by atoms with Crippen LogP contribution in [0.1, 0.15) is 36.3 Å². The van der Waals surface area contributed by atoms with Crippen molar-refractivity contribution in [3.05, 3.63) is 63.6 Å². The van der Waals surface area contributed by atoms with Gasteiger partial charge in [0.2, 0.25) is 0 Å². The quantitative estimate of drug-likeness (QED) is 0.622. The van der Waals surface area contributed by atoms with Gasteiger partial charge < -0.3 is 9.73 Å². The van der Waals surface area contributed by atoms with E-state index in [9.17, 15) is 10.1 Å². The number of rotatable bonds is 7. The number of aryl methyl sites for hydroxylation is 1. The van der Waals surface area contributed by atoms with Gasteiger partial charge in [-0.2, -0.15) is 0 Å². The second-order valence-corrected chi connectivity index (χ2v) is 5.10. The van der Waals surface area contributed by atoms with Crippen LogP contribution in [0.25, 0.3) is 0 Å². The summed E-state index contributed by atoms with van der Waals surface area (Å²) in [6.45, 7) is 5.04. The van der Waals surface area contributed by atoms with Gasteiger partial charge in [0.25, 0.3) is 5.69 Å². The lowest BCUT2D eigenvalue weighted by Gasteiger charge is -2.17. The predicted molar refractivity (Wildman–Crippen MR) is 81.3 cm³/mol. The molecule has 0 aliphatic carbocycles. The molecule has 0 spiro atoms. The Hall–Kier alpha value is -2.14. The van der Waals surface area contributed by atoms with Crippen molar-refractivity contribution in [3.8, 4) is 0 Å². The van der Waals surface area contributed by atoms with Crippen LogP contribution in [0.15, 0.2) is 41.0 Å². The van der Waals surface area contributed by atoms with Crippen molar-refractivity contribution in [1.29, 1.82) is 0 Å². The zero-order chi connectivity index (χ0) is 15.2.